The van der Waals surface area contributed by atoms with Crippen LogP contribution in [0.3, 0.4) is 0 Å². The predicted octanol–water partition coefficient (Wildman–Crippen LogP) is 2.75. The van der Waals surface area contributed by atoms with Gasteiger partial charge in [-0.25, -0.2) is 0 Å². The van der Waals surface area contributed by atoms with Crippen molar-refractivity contribution in [1.82, 2.24) is 4.90 Å². The van der Waals surface area contributed by atoms with Crippen LogP contribution in [0.5, 0.6) is 0 Å². The molecule has 0 bridgehead atoms. The Kier molecular flexibility index (Phi) is 5.27. The van der Waals surface area contributed by atoms with E-state index in [2.05, 4.69) is 4.90 Å². The second-order valence-electron chi connectivity index (χ2n) is 4.43. The number of benzene rings is 1. The fourth-order valence-electron chi connectivity index (χ4n) is 2.02. The van der Waals surface area contributed by atoms with Gasteiger partial charge in [-0.05, 0) is 24.1 Å². The van der Waals surface area contributed by atoms with E-state index >= 15 is 0 Å². The van der Waals surface area contributed by atoms with Crippen molar-refractivity contribution in [3.63, 3.8) is 0 Å². The Balaban J connectivity index is 1.86. The molecule has 1 aliphatic rings. The molecule has 0 radical (unpaired) electrons. The first-order valence-electron chi connectivity index (χ1n) is 6.10. The molecule has 1 fully saturated rings. The summed E-state index contributed by atoms with van der Waals surface area (Å²) in [5.41, 5.74) is 0.817. The van der Waals surface area contributed by atoms with Gasteiger partial charge in [-0.2, -0.15) is 0 Å². The Bertz CT molecular complexity index is 395. The highest BCUT2D eigenvalue weighted by Crippen LogP contribution is 2.26. The molecule has 2 rings (SSSR count). The molecular weight excluding hydrogens is 273 g/mol. The van der Waals surface area contributed by atoms with E-state index in [1.807, 2.05) is 6.07 Å². The van der Waals surface area contributed by atoms with Gasteiger partial charge in [-0.3, -0.25) is 4.90 Å². The van der Waals surface area contributed by atoms with Crippen LogP contribution in [0.15, 0.2) is 18.2 Å². The fourth-order valence-corrected chi connectivity index (χ4v) is 2.32. The van der Waals surface area contributed by atoms with E-state index in [4.69, 9.17) is 27.9 Å². The number of hydrogen-bond donors (Lipinski definition) is 1. The smallest absolute Gasteiger partial charge is 0.0802 e. The molecule has 5 heteroatoms. The van der Waals surface area contributed by atoms with Gasteiger partial charge in [-0.15, -0.1) is 0 Å². The predicted molar refractivity (Wildman–Crippen MR) is 73.3 cm³/mol. The molecule has 1 heterocycles. The molecule has 3 nitrogen and oxygen atoms in total. The maximum atomic E-state index is 10.1. The van der Waals surface area contributed by atoms with Crippen molar-refractivity contribution in [2.75, 3.05) is 32.8 Å². The van der Waals surface area contributed by atoms with Crippen molar-refractivity contribution in [3.8, 4) is 0 Å². The Morgan fingerprint density at radius 1 is 1.22 bits per heavy atom. The average molecular weight is 290 g/mol. The van der Waals surface area contributed by atoms with Gasteiger partial charge in [0.05, 0.1) is 29.4 Å². The van der Waals surface area contributed by atoms with E-state index in [1.165, 1.54) is 0 Å². The van der Waals surface area contributed by atoms with Gasteiger partial charge in [0, 0.05) is 19.6 Å². The van der Waals surface area contributed by atoms with Crippen molar-refractivity contribution >= 4 is 23.2 Å². The van der Waals surface area contributed by atoms with Gasteiger partial charge in [0.25, 0.3) is 0 Å². The van der Waals surface area contributed by atoms with Crippen LogP contribution < -0.4 is 0 Å². The van der Waals surface area contributed by atoms with E-state index in [0.717, 1.165) is 38.4 Å². The Morgan fingerprint density at radius 3 is 2.61 bits per heavy atom. The molecule has 1 aromatic carbocycles. The van der Waals surface area contributed by atoms with E-state index in [-0.39, 0.29) is 0 Å². The van der Waals surface area contributed by atoms with E-state index in [1.54, 1.807) is 12.1 Å². The molecule has 0 aliphatic carbocycles. The fraction of sp³-hybridized carbons (Fsp3) is 0.538. The minimum absolute atomic E-state index is 0.486. The highest BCUT2D eigenvalue weighted by molar-refractivity contribution is 6.42. The Labute approximate surface area is 117 Å². The quantitative estimate of drug-likeness (QED) is 0.925. The maximum absolute atomic E-state index is 10.1. The monoisotopic (exact) mass is 289 g/mol. The summed E-state index contributed by atoms with van der Waals surface area (Å²) >= 11 is 11.8. The number of halogens is 2. The maximum Gasteiger partial charge on any atom is 0.0802 e. The minimum atomic E-state index is -0.498. The summed E-state index contributed by atoms with van der Waals surface area (Å²) in [5.74, 6) is 0. The average Bonchev–Trinajstić information content (AvgIpc) is 2.40. The summed E-state index contributed by atoms with van der Waals surface area (Å²) in [5, 5.41) is 11.1. The van der Waals surface area contributed by atoms with E-state index < -0.39 is 6.10 Å². The second kappa shape index (κ2) is 6.73. The van der Waals surface area contributed by atoms with Crippen LogP contribution in [-0.2, 0) is 4.74 Å². The first kappa shape index (κ1) is 14.1. The van der Waals surface area contributed by atoms with Gasteiger partial charge < -0.3 is 9.84 Å². The lowest BCUT2D eigenvalue weighted by Gasteiger charge is -2.27. The van der Waals surface area contributed by atoms with Crippen molar-refractivity contribution in [2.45, 2.75) is 12.5 Å². The third kappa shape index (κ3) is 3.84. The van der Waals surface area contributed by atoms with E-state index in [0.29, 0.717) is 16.5 Å². The molecule has 1 saturated heterocycles. The number of ether oxygens (including phenoxy) is 1. The lowest BCUT2D eigenvalue weighted by molar-refractivity contribution is 0.0300. The van der Waals surface area contributed by atoms with Gasteiger partial charge in [-0.1, -0.05) is 29.3 Å². The van der Waals surface area contributed by atoms with Crippen LogP contribution in [0.2, 0.25) is 10.0 Å². The Morgan fingerprint density at radius 2 is 1.94 bits per heavy atom. The first-order chi connectivity index (χ1) is 8.66. The summed E-state index contributed by atoms with van der Waals surface area (Å²) in [6.45, 7) is 4.30. The molecule has 1 aliphatic heterocycles. The van der Waals surface area contributed by atoms with E-state index in [9.17, 15) is 5.11 Å². The topological polar surface area (TPSA) is 32.7 Å². The zero-order valence-corrected chi connectivity index (χ0v) is 11.6. The lowest BCUT2D eigenvalue weighted by Crippen LogP contribution is -2.37. The second-order valence-corrected chi connectivity index (χ2v) is 5.25. The summed E-state index contributed by atoms with van der Waals surface area (Å²) in [6, 6.07) is 5.27. The van der Waals surface area contributed by atoms with Gasteiger partial charge in [0.15, 0.2) is 0 Å². The highest BCUT2D eigenvalue weighted by Gasteiger charge is 2.14. The zero-order valence-electron chi connectivity index (χ0n) is 10.1. The normalized spacial score (nSPS) is 18.8. The summed E-state index contributed by atoms with van der Waals surface area (Å²) in [6.07, 6.45) is 0.195. The van der Waals surface area contributed by atoms with Gasteiger partial charge in [0.2, 0.25) is 0 Å². The van der Waals surface area contributed by atoms with Gasteiger partial charge in [0.1, 0.15) is 0 Å². The summed E-state index contributed by atoms with van der Waals surface area (Å²) in [4.78, 5) is 2.30. The highest BCUT2D eigenvalue weighted by atomic mass is 35.5. The molecule has 1 unspecified atom stereocenters. The summed E-state index contributed by atoms with van der Waals surface area (Å²) < 4.78 is 5.28. The standard InChI is InChI=1S/C13H17Cl2NO2/c14-11-2-1-10(9-12(11)15)13(17)3-4-16-5-7-18-8-6-16/h1-2,9,13,17H,3-8H2. The van der Waals surface area contributed by atoms with Crippen LogP contribution in [0, 0.1) is 0 Å². The van der Waals surface area contributed by atoms with Crippen LogP contribution in [0.4, 0.5) is 0 Å². The van der Waals surface area contributed by atoms with Crippen LogP contribution in [0.1, 0.15) is 18.1 Å². The molecule has 1 aromatic rings. The minimum Gasteiger partial charge on any atom is -0.388 e. The molecule has 0 amide bonds. The number of aliphatic hydroxyl groups is 1. The SMILES string of the molecule is OC(CCN1CCOCC1)c1ccc(Cl)c(Cl)c1. The third-order valence-electron chi connectivity index (χ3n) is 3.15. The van der Waals surface area contributed by atoms with Crippen LogP contribution >= 0.6 is 23.2 Å². The molecule has 18 heavy (non-hydrogen) atoms. The summed E-state index contributed by atoms with van der Waals surface area (Å²) in [7, 11) is 0. The number of hydrogen-bond acceptors (Lipinski definition) is 3. The van der Waals surface area contributed by atoms with Gasteiger partial charge >= 0.3 is 0 Å². The zero-order chi connectivity index (χ0) is 13.0. The van der Waals surface area contributed by atoms with Crippen molar-refractivity contribution < 1.29 is 9.84 Å². The third-order valence-corrected chi connectivity index (χ3v) is 3.89. The molecule has 0 saturated carbocycles. The van der Waals surface area contributed by atoms with Crippen molar-refractivity contribution in [1.29, 1.82) is 0 Å². The first-order valence-corrected chi connectivity index (χ1v) is 6.85. The van der Waals surface area contributed by atoms with Crippen molar-refractivity contribution in [2.24, 2.45) is 0 Å². The molecule has 1 N–H and O–H groups in total. The number of morpholine rings is 1. The molecular formula is C13H17Cl2NO2. The molecule has 1 atom stereocenters. The Hall–Kier alpha value is -0.320. The molecule has 0 spiro atoms. The number of aliphatic hydroxyl groups excluding tert-OH is 1. The molecule has 0 aromatic heterocycles. The van der Waals surface area contributed by atoms with Crippen LogP contribution in [-0.4, -0.2) is 42.9 Å². The van der Waals surface area contributed by atoms with Crippen molar-refractivity contribution in [3.05, 3.63) is 33.8 Å². The largest absolute Gasteiger partial charge is 0.388 e. The van der Waals surface area contributed by atoms with Crippen LogP contribution in [0.25, 0.3) is 0 Å². The lowest BCUT2D eigenvalue weighted by atomic mass is 10.1. The molecule has 100 valence electrons. The number of nitrogens with zero attached hydrogens (tertiary/aromatic N) is 1. The number of rotatable bonds is 4.